The highest BCUT2D eigenvalue weighted by atomic mass is 16.1. The fourth-order valence-electron chi connectivity index (χ4n) is 2.51. The summed E-state index contributed by atoms with van der Waals surface area (Å²) in [7, 11) is 0. The van der Waals surface area contributed by atoms with Crippen molar-refractivity contribution < 1.29 is 4.79 Å². The number of aryl methyl sites for hydroxylation is 1. The normalized spacial score (nSPS) is 13.1. The van der Waals surface area contributed by atoms with E-state index in [-0.39, 0.29) is 11.3 Å². The number of carbonyl (C=O) groups excluding carboxylic acids is 1. The minimum absolute atomic E-state index is 0.145. The van der Waals surface area contributed by atoms with Gasteiger partial charge >= 0.3 is 0 Å². The number of hydrogen-bond acceptors (Lipinski definition) is 3. The molecule has 0 aromatic carbocycles. The van der Waals surface area contributed by atoms with Gasteiger partial charge in [-0.05, 0) is 37.1 Å². The van der Waals surface area contributed by atoms with E-state index in [1.54, 1.807) is 12.5 Å². The van der Waals surface area contributed by atoms with E-state index in [9.17, 15) is 4.79 Å². The highest BCUT2D eigenvalue weighted by Gasteiger charge is 2.24. The Morgan fingerprint density at radius 3 is 2.71 bits per heavy atom. The maximum absolute atomic E-state index is 11.9. The summed E-state index contributed by atoms with van der Waals surface area (Å²) in [5.74, 6) is 0.645. The minimum Gasteiger partial charge on any atom is -0.356 e. The van der Waals surface area contributed by atoms with Gasteiger partial charge in [-0.2, -0.15) is 0 Å². The topological polar surface area (TPSA) is 72.9 Å². The second kappa shape index (κ2) is 8.82. The largest absolute Gasteiger partial charge is 0.356 e. The third-order valence-corrected chi connectivity index (χ3v) is 3.93. The molecule has 0 fully saturated rings. The summed E-state index contributed by atoms with van der Waals surface area (Å²) >= 11 is 0. The molecule has 1 atom stereocenters. The average Bonchev–Trinajstić information content (AvgIpc) is 2.91. The van der Waals surface area contributed by atoms with Crippen molar-refractivity contribution in [1.82, 2.24) is 14.9 Å². The van der Waals surface area contributed by atoms with Gasteiger partial charge in [0.05, 0.1) is 6.33 Å². The first-order valence-electron chi connectivity index (χ1n) is 7.86. The number of nitrogens with zero attached hydrogens (tertiary/aromatic N) is 2. The van der Waals surface area contributed by atoms with Gasteiger partial charge in [-0.25, -0.2) is 4.98 Å². The maximum Gasteiger partial charge on any atom is 0.220 e. The molecule has 0 bridgehead atoms. The number of carbonyl (C=O) groups is 1. The minimum atomic E-state index is 0.145. The Morgan fingerprint density at radius 1 is 1.38 bits per heavy atom. The zero-order valence-electron chi connectivity index (χ0n) is 13.6. The predicted molar refractivity (Wildman–Crippen MR) is 85.7 cm³/mol. The second-order valence-corrected chi connectivity index (χ2v) is 6.68. The molecule has 1 amide bonds. The number of nitrogens with two attached hydrogens (primary N) is 1. The molecule has 21 heavy (non-hydrogen) atoms. The van der Waals surface area contributed by atoms with Gasteiger partial charge in [0.15, 0.2) is 0 Å². The molecule has 3 N–H and O–H groups in total. The lowest BCUT2D eigenvalue weighted by molar-refractivity contribution is -0.121. The van der Waals surface area contributed by atoms with Gasteiger partial charge in [0.2, 0.25) is 5.91 Å². The van der Waals surface area contributed by atoms with Crippen LogP contribution in [0.15, 0.2) is 18.7 Å². The quantitative estimate of drug-likeness (QED) is 0.686. The van der Waals surface area contributed by atoms with Crippen molar-refractivity contribution in [2.45, 2.75) is 53.0 Å². The smallest absolute Gasteiger partial charge is 0.220 e. The van der Waals surface area contributed by atoms with E-state index in [1.165, 1.54) is 0 Å². The van der Waals surface area contributed by atoms with Gasteiger partial charge < -0.3 is 15.6 Å². The van der Waals surface area contributed by atoms with E-state index >= 15 is 0 Å². The lowest BCUT2D eigenvalue weighted by Gasteiger charge is -2.30. The molecule has 120 valence electrons. The van der Waals surface area contributed by atoms with Crippen LogP contribution in [-0.4, -0.2) is 28.5 Å². The predicted octanol–water partition coefficient (Wildman–Crippen LogP) is 2.18. The zero-order chi connectivity index (χ0) is 15.7. The molecule has 0 spiro atoms. The maximum atomic E-state index is 11.9. The van der Waals surface area contributed by atoms with E-state index in [2.05, 4.69) is 31.1 Å². The van der Waals surface area contributed by atoms with Crippen molar-refractivity contribution in [3.8, 4) is 0 Å². The van der Waals surface area contributed by atoms with Crippen LogP contribution < -0.4 is 11.1 Å². The first kappa shape index (κ1) is 17.7. The van der Waals surface area contributed by atoms with E-state index in [0.29, 0.717) is 25.4 Å². The SMILES string of the molecule is CC(C)(C)C(CCN)CCC(=O)NCCCn1ccnc1. The first-order valence-corrected chi connectivity index (χ1v) is 7.86. The fourth-order valence-corrected chi connectivity index (χ4v) is 2.51. The van der Waals surface area contributed by atoms with Gasteiger partial charge in [0.25, 0.3) is 0 Å². The molecule has 0 saturated carbocycles. The van der Waals surface area contributed by atoms with Crippen LogP contribution in [-0.2, 0) is 11.3 Å². The van der Waals surface area contributed by atoms with Crippen LogP contribution in [0.2, 0.25) is 0 Å². The van der Waals surface area contributed by atoms with E-state index in [4.69, 9.17) is 5.73 Å². The van der Waals surface area contributed by atoms with Crippen LogP contribution in [0.3, 0.4) is 0 Å². The van der Waals surface area contributed by atoms with Gasteiger partial charge in [0, 0.05) is 31.9 Å². The number of imidazole rings is 1. The highest BCUT2D eigenvalue weighted by Crippen LogP contribution is 2.31. The molecule has 5 heteroatoms. The summed E-state index contributed by atoms with van der Waals surface area (Å²) in [4.78, 5) is 15.9. The molecule has 0 aliphatic heterocycles. The molecule has 1 heterocycles. The molecule has 0 aliphatic rings. The Morgan fingerprint density at radius 2 is 2.14 bits per heavy atom. The van der Waals surface area contributed by atoms with Crippen LogP contribution in [0.1, 0.15) is 46.5 Å². The molecule has 1 aromatic heterocycles. The second-order valence-electron chi connectivity index (χ2n) is 6.68. The van der Waals surface area contributed by atoms with Crippen LogP contribution in [0.4, 0.5) is 0 Å². The van der Waals surface area contributed by atoms with E-state index in [0.717, 1.165) is 25.8 Å². The number of hydrogen-bond donors (Lipinski definition) is 2. The summed E-state index contributed by atoms with van der Waals surface area (Å²) in [6.45, 7) is 8.95. The van der Waals surface area contributed by atoms with Crippen LogP contribution >= 0.6 is 0 Å². The number of amides is 1. The lowest BCUT2D eigenvalue weighted by atomic mass is 9.76. The Hall–Kier alpha value is -1.36. The van der Waals surface area contributed by atoms with Crippen LogP contribution in [0, 0.1) is 11.3 Å². The average molecular weight is 294 g/mol. The molecule has 0 radical (unpaired) electrons. The Kier molecular flexibility index (Phi) is 7.43. The van der Waals surface area contributed by atoms with E-state index in [1.807, 2.05) is 10.8 Å². The highest BCUT2D eigenvalue weighted by molar-refractivity contribution is 5.75. The van der Waals surface area contributed by atoms with Crippen molar-refractivity contribution in [2.75, 3.05) is 13.1 Å². The van der Waals surface area contributed by atoms with Gasteiger partial charge in [-0.15, -0.1) is 0 Å². The van der Waals surface area contributed by atoms with E-state index < -0.39 is 0 Å². The number of aromatic nitrogens is 2. The molecule has 1 unspecified atom stereocenters. The summed E-state index contributed by atoms with van der Waals surface area (Å²) in [6.07, 6.45) is 8.90. The lowest BCUT2D eigenvalue weighted by Crippen LogP contribution is -2.28. The number of nitrogens with one attached hydrogen (secondary N) is 1. The van der Waals surface area contributed by atoms with Crippen molar-refractivity contribution >= 4 is 5.91 Å². The molecular formula is C16H30N4O. The molecular weight excluding hydrogens is 264 g/mol. The van der Waals surface area contributed by atoms with Crippen molar-refractivity contribution in [3.63, 3.8) is 0 Å². The van der Waals surface area contributed by atoms with Crippen molar-refractivity contribution in [1.29, 1.82) is 0 Å². The van der Waals surface area contributed by atoms with Crippen LogP contribution in [0.25, 0.3) is 0 Å². The molecule has 0 saturated heterocycles. The summed E-state index contributed by atoms with van der Waals surface area (Å²) in [5, 5.41) is 2.99. The summed E-state index contributed by atoms with van der Waals surface area (Å²) in [5.41, 5.74) is 5.88. The Balaban J connectivity index is 2.17. The Labute approximate surface area is 128 Å². The molecule has 1 rings (SSSR count). The summed E-state index contributed by atoms with van der Waals surface area (Å²) in [6, 6.07) is 0. The van der Waals surface area contributed by atoms with Gasteiger partial charge in [0.1, 0.15) is 0 Å². The zero-order valence-corrected chi connectivity index (χ0v) is 13.6. The monoisotopic (exact) mass is 294 g/mol. The first-order chi connectivity index (χ1) is 9.93. The van der Waals surface area contributed by atoms with Gasteiger partial charge in [-0.3, -0.25) is 4.79 Å². The number of rotatable bonds is 9. The molecule has 1 aromatic rings. The van der Waals surface area contributed by atoms with Gasteiger partial charge in [-0.1, -0.05) is 20.8 Å². The van der Waals surface area contributed by atoms with Crippen molar-refractivity contribution in [3.05, 3.63) is 18.7 Å². The summed E-state index contributed by atoms with van der Waals surface area (Å²) < 4.78 is 2.02. The molecule has 0 aliphatic carbocycles. The molecule has 5 nitrogen and oxygen atoms in total. The third kappa shape index (κ3) is 7.27. The van der Waals surface area contributed by atoms with Crippen LogP contribution in [0.5, 0.6) is 0 Å². The third-order valence-electron chi connectivity index (χ3n) is 3.93. The van der Waals surface area contributed by atoms with Crippen molar-refractivity contribution in [2.24, 2.45) is 17.1 Å². The fraction of sp³-hybridized carbons (Fsp3) is 0.750. The Bertz CT molecular complexity index is 395. The standard InChI is InChI=1S/C16H30N4O/c1-16(2,3)14(7-8-17)5-6-15(21)19-9-4-11-20-12-10-18-13-20/h10,12-14H,4-9,11,17H2,1-3H3,(H,19,21).